The minimum absolute atomic E-state index is 0.0626. The van der Waals surface area contributed by atoms with E-state index >= 15 is 0 Å². The van der Waals surface area contributed by atoms with E-state index in [1.54, 1.807) is 0 Å². The van der Waals surface area contributed by atoms with Crippen LogP contribution in [0, 0.1) is 0 Å². The van der Waals surface area contributed by atoms with Crippen LogP contribution in [0.4, 0.5) is 0 Å². The highest BCUT2D eigenvalue weighted by atomic mass is 31.2. The number of carbonyl (C=O) groups excluding carboxylic acids is 1. The second kappa shape index (κ2) is 38.7. The highest BCUT2D eigenvalue weighted by Crippen LogP contribution is 2.43. The van der Waals surface area contributed by atoms with E-state index in [4.69, 9.17) is 14.8 Å². The van der Waals surface area contributed by atoms with E-state index in [0.29, 0.717) is 12.8 Å². The van der Waals surface area contributed by atoms with Gasteiger partial charge < -0.3 is 26.2 Å². The lowest BCUT2D eigenvalue weighted by atomic mass is 10.0. The first-order valence-corrected chi connectivity index (χ1v) is 23.7. The van der Waals surface area contributed by atoms with Gasteiger partial charge in [-0.2, -0.15) is 0 Å². The van der Waals surface area contributed by atoms with Crippen molar-refractivity contribution in [3.8, 4) is 0 Å². The summed E-state index contributed by atoms with van der Waals surface area (Å²) in [4.78, 5) is 22.8. The first-order chi connectivity index (χ1) is 25.3. The number of carbonyl (C=O) groups is 1. The van der Waals surface area contributed by atoms with Crippen LogP contribution in [0.1, 0.15) is 226 Å². The number of nitrogens with two attached hydrogens (primary N) is 1. The monoisotopic (exact) mass is 763 g/mol. The van der Waals surface area contributed by atoms with E-state index in [0.717, 1.165) is 38.5 Å². The van der Waals surface area contributed by atoms with Gasteiger partial charge in [0.05, 0.1) is 37.9 Å². The smallest absolute Gasteiger partial charge is 0.393 e. The largest absolute Gasteiger partial charge is 0.472 e. The molecule has 4 unspecified atom stereocenters. The minimum Gasteiger partial charge on any atom is -0.393 e. The van der Waals surface area contributed by atoms with Crippen molar-refractivity contribution >= 4 is 13.7 Å². The Balaban J connectivity index is 4.23. The summed E-state index contributed by atoms with van der Waals surface area (Å²) < 4.78 is 22.1. The van der Waals surface area contributed by atoms with Crippen LogP contribution in [0.15, 0.2) is 0 Å². The van der Waals surface area contributed by atoms with Crippen molar-refractivity contribution in [3.05, 3.63) is 0 Å². The maximum Gasteiger partial charge on any atom is 0.472 e. The first kappa shape index (κ1) is 51.5. The van der Waals surface area contributed by atoms with Crippen molar-refractivity contribution in [1.82, 2.24) is 5.32 Å². The van der Waals surface area contributed by atoms with Gasteiger partial charge in [0.1, 0.15) is 0 Å². The zero-order valence-corrected chi connectivity index (χ0v) is 35.1. The molecule has 0 aliphatic heterocycles. The predicted octanol–water partition coefficient (Wildman–Crippen LogP) is 11.2. The zero-order valence-electron chi connectivity index (χ0n) is 34.2. The molecule has 0 saturated heterocycles. The highest BCUT2D eigenvalue weighted by molar-refractivity contribution is 7.47. The fourth-order valence-electron chi connectivity index (χ4n) is 6.89. The van der Waals surface area contributed by atoms with Gasteiger partial charge in [-0.05, 0) is 12.8 Å². The maximum absolute atomic E-state index is 12.8. The van der Waals surface area contributed by atoms with Crippen LogP contribution in [0.25, 0.3) is 0 Å². The molecule has 6 N–H and O–H groups in total. The van der Waals surface area contributed by atoms with E-state index in [9.17, 15) is 24.5 Å². The van der Waals surface area contributed by atoms with Crippen molar-refractivity contribution in [1.29, 1.82) is 0 Å². The lowest BCUT2D eigenvalue weighted by Gasteiger charge is -2.25. The van der Waals surface area contributed by atoms with Gasteiger partial charge in [0.2, 0.25) is 5.91 Å². The summed E-state index contributed by atoms with van der Waals surface area (Å²) in [6, 6.07) is -0.890. The van der Waals surface area contributed by atoms with Gasteiger partial charge in [-0.25, -0.2) is 4.57 Å². The molecule has 0 aromatic heterocycles. The molecule has 0 aromatic rings. The summed E-state index contributed by atoms with van der Waals surface area (Å²) in [6.07, 6.45) is 37.1. The number of hydrogen-bond donors (Lipinski definition) is 5. The third-order valence-electron chi connectivity index (χ3n) is 10.3. The third kappa shape index (κ3) is 36.4. The molecule has 0 aliphatic carbocycles. The Labute approximate surface area is 321 Å². The first-order valence-electron chi connectivity index (χ1n) is 22.2. The number of aliphatic hydroxyl groups excluding tert-OH is 2. The number of aliphatic hydroxyl groups is 2. The normalized spacial score (nSPS) is 14.7. The van der Waals surface area contributed by atoms with Crippen LogP contribution in [-0.2, 0) is 18.4 Å². The van der Waals surface area contributed by atoms with E-state index in [-0.39, 0.29) is 26.2 Å². The van der Waals surface area contributed by atoms with Gasteiger partial charge in [-0.15, -0.1) is 0 Å². The lowest BCUT2D eigenvalue weighted by molar-refractivity contribution is -0.125. The molecule has 52 heavy (non-hydrogen) atoms. The number of hydrogen-bond acceptors (Lipinski definition) is 7. The number of phosphoric ester groups is 1. The van der Waals surface area contributed by atoms with Gasteiger partial charge in [-0.3, -0.25) is 13.8 Å². The Hall–Kier alpha value is -0.540. The SMILES string of the molecule is CCCCCCCCCCCCCCCCCCCC(O)C(COP(=O)(O)OCCN)NC(=O)CC(O)CCCCCCCCCCCCCCC. The molecule has 0 rings (SSSR count). The molecule has 1 amide bonds. The van der Waals surface area contributed by atoms with Crippen molar-refractivity contribution in [2.24, 2.45) is 5.73 Å². The standard InChI is InChI=1S/C42H87N2O7P/c1-3-5-7-9-11-13-15-17-18-19-20-22-24-26-28-30-32-34-41(46)40(38-51-52(48,49)50-36-35-43)44-42(47)37-39(45)33-31-29-27-25-23-21-16-14-12-10-8-6-4-2/h39-41,45-46H,3-38,43H2,1-2H3,(H,44,47)(H,48,49). The number of unbranched alkanes of at least 4 members (excludes halogenated alkanes) is 28. The van der Waals surface area contributed by atoms with Crippen LogP contribution in [0.5, 0.6) is 0 Å². The fraction of sp³-hybridized carbons (Fsp3) is 0.976. The summed E-state index contributed by atoms with van der Waals surface area (Å²) in [6.45, 7) is 4.07. The molecule has 0 aliphatic rings. The topological polar surface area (TPSA) is 151 Å². The molecule has 0 saturated carbocycles. The minimum atomic E-state index is -4.37. The number of phosphoric acid groups is 1. The number of amides is 1. The summed E-state index contributed by atoms with van der Waals surface area (Å²) in [5.74, 6) is -0.409. The average Bonchev–Trinajstić information content (AvgIpc) is 3.12. The van der Waals surface area contributed by atoms with Crippen molar-refractivity contribution in [3.63, 3.8) is 0 Å². The van der Waals surface area contributed by atoms with Crippen molar-refractivity contribution < 1.29 is 33.5 Å². The van der Waals surface area contributed by atoms with Gasteiger partial charge in [0.25, 0.3) is 0 Å². The third-order valence-corrected chi connectivity index (χ3v) is 11.2. The predicted molar refractivity (Wildman–Crippen MR) is 218 cm³/mol. The molecule has 0 fully saturated rings. The second-order valence-electron chi connectivity index (χ2n) is 15.5. The molecule has 0 aromatic carbocycles. The quantitative estimate of drug-likeness (QED) is 0.0304. The van der Waals surface area contributed by atoms with Crippen LogP contribution >= 0.6 is 7.82 Å². The number of rotatable bonds is 42. The lowest BCUT2D eigenvalue weighted by Crippen LogP contribution is -2.47. The Bertz CT molecular complexity index is 806. The van der Waals surface area contributed by atoms with Crippen LogP contribution in [0.3, 0.4) is 0 Å². The van der Waals surface area contributed by atoms with E-state index < -0.39 is 32.0 Å². The average molecular weight is 763 g/mol. The summed E-state index contributed by atoms with van der Waals surface area (Å²) in [7, 11) is -4.37. The molecule has 10 heteroatoms. The molecule has 9 nitrogen and oxygen atoms in total. The Morgan fingerprint density at radius 1 is 0.577 bits per heavy atom. The van der Waals surface area contributed by atoms with Crippen molar-refractivity contribution in [2.45, 2.75) is 244 Å². The van der Waals surface area contributed by atoms with Crippen LogP contribution in [-0.4, -0.2) is 59.0 Å². The molecule has 0 spiro atoms. The van der Waals surface area contributed by atoms with Gasteiger partial charge in [-0.1, -0.05) is 206 Å². The van der Waals surface area contributed by atoms with E-state index in [2.05, 4.69) is 19.2 Å². The highest BCUT2D eigenvalue weighted by Gasteiger charge is 2.28. The molecular formula is C42H87N2O7P. The van der Waals surface area contributed by atoms with Gasteiger partial charge in [0.15, 0.2) is 0 Å². The second-order valence-corrected chi connectivity index (χ2v) is 16.9. The Kier molecular flexibility index (Phi) is 38.3. The van der Waals surface area contributed by atoms with Gasteiger partial charge >= 0.3 is 7.82 Å². The van der Waals surface area contributed by atoms with Crippen molar-refractivity contribution in [2.75, 3.05) is 19.8 Å². The van der Waals surface area contributed by atoms with Gasteiger partial charge in [0, 0.05) is 6.54 Å². The van der Waals surface area contributed by atoms with Crippen LogP contribution in [0.2, 0.25) is 0 Å². The molecule has 4 atom stereocenters. The summed E-state index contributed by atoms with van der Waals surface area (Å²) >= 11 is 0. The maximum atomic E-state index is 12.8. The van der Waals surface area contributed by atoms with E-state index in [1.807, 2.05) is 0 Å². The fourth-order valence-corrected chi connectivity index (χ4v) is 7.65. The van der Waals surface area contributed by atoms with E-state index in [1.165, 1.54) is 154 Å². The summed E-state index contributed by atoms with van der Waals surface area (Å²) in [5, 5.41) is 24.2. The summed E-state index contributed by atoms with van der Waals surface area (Å²) in [5.41, 5.74) is 5.37. The molecule has 0 heterocycles. The Morgan fingerprint density at radius 3 is 1.29 bits per heavy atom. The molecular weight excluding hydrogens is 675 g/mol. The Morgan fingerprint density at radius 2 is 0.923 bits per heavy atom. The number of nitrogens with one attached hydrogen (secondary N) is 1. The molecule has 312 valence electrons. The molecule has 0 radical (unpaired) electrons. The van der Waals surface area contributed by atoms with Crippen LogP contribution < -0.4 is 11.1 Å². The molecule has 0 bridgehead atoms. The zero-order chi connectivity index (χ0) is 38.4.